The van der Waals surface area contributed by atoms with Crippen LogP contribution in [0, 0.1) is 5.92 Å². The van der Waals surface area contributed by atoms with Crippen LogP contribution in [0.4, 0.5) is 0 Å². The van der Waals surface area contributed by atoms with Gasteiger partial charge in [0.15, 0.2) is 0 Å². The molecule has 98 valence electrons. The summed E-state index contributed by atoms with van der Waals surface area (Å²) in [6.07, 6.45) is 2.28. The third kappa shape index (κ3) is 7.15. The molecule has 4 nitrogen and oxygen atoms in total. The van der Waals surface area contributed by atoms with Gasteiger partial charge in [-0.15, -0.1) is 0 Å². The average Bonchev–Trinajstić information content (AvgIpc) is 2.77. The Hall–Kier alpha value is -0.840. The van der Waals surface area contributed by atoms with Crippen LogP contribution in [0.25, 0.3) is 0 Å². The maximum Gasteiger partial charge on any atom is 0.129 e. The van der Waals surface area contributed by atoms with Gasteiger partial charge >= 0.3 is 0 Å². The fourth-order valence-corrected chi connectivity index (χ4v) is 1.41. The van der Waals surface area contributed by atoms with Crippen LogP contribution in [0.15, 0.2) is 22.8 Å². The molecule has 1 atom stereocenters. The monoisotopic (exact) mass is 241 g/mol. The van der Waals surface area contributed by atoms with E-state index in [-0.39, 0.29) is 0 Å². The summed E-state index contributed by atoms with van der Waals surface area (Å²) in [5.41, 5.74) is 0. The Morgan fingerprint density at radius 3 is 2.94 bits per heavy atom. The fraction of sp³-hybridized carbons (Fsp3) is 0.692. The van der Waals surface area contributed by atoms with Crippen LogP contribution >= 0.6 is 0 Å². The van der Waals surface area contributed by atoms with Gasteiger partial charge in [-0.3, -0.25) is 0 Å². The third-order valence-corrected chi connectivity index (χ3v) is 2.41. The number of nitrogens with one attached hydrogen (secondary N) is 1. The molecule has 1 aromatic heterocycles. The molecule has 0 aliphatic carbocycles. The fourth-order valence-electron chi connectivity index (χ4n) is 1.41. The zero-order valence-corrected chi connectivity index (χ0v) is 10.7. The molecule has 0 spiro atoms. The number of hydrogen-bond donors (Lipinski definition) is 2. The van der Waals surface area contributed by atoms with Crippen molar-refractivity contribution >= 4 is 0 Å². The lowest BCUT2D eigenvalue weighted by molar-refractivity contribution is 0.0227. The number of aliphatic hydroxyl groups excluding tert-OH is 1. The first-order valence-corrected chi connectivity index (χ1v) is 6.17. The van der Waals surface area contributed by atoms with E-state index in [1.54, 1.807) is 6.26 Å². The van der Waals surface area contributed by atoms with Gasteiger partial charge in [0.1, 0.15) is 12.4 Å². The van der Waals surface area contributed by atoms with E-state index >= 15 is 0 Å². The molecule has 1 aromatic rings. The van der Waals surface area contributed by atoms with Crippen LogP contribution in [0.1, 0.15) is 26.0 Å². The molecular formula is C13H23NO3. The van der Waals surface area contributed by atoms with E-state index in [4.69, 9.17) is 9.15 Å². The largest absolute Gasteiger partial charge is 0.467 e. The van der Waals surface area contributed by atoms with Crippen molar-refractivity contribution in [1.29, 1.82) is 0 Å². The zero-order valence-electron chi connectivity index (χ0n) is 10.7. The lowest BCUT2D eigenvalue weighted by atomic mass is 10.1. The van der Waals surface area contributed by atoms with E-state index in [9.17, 15) is 5.11 Å². The van der Waals surface area contributed by atoms with Crippen molar-refractivity contribution in [3.63, 3.8) is 0 Å². The van der Waals surface area contributed by atoms with Crippen molar-refractivity contribution in [2.24, 2.45) is 5.92 Å². The minimum atomic E-state index is -0.461. The number of furan rings is 1. The SMILES string of the molecule is CC(C)CCNCC(O)COCc1ccco1. The van der Waals surface area contributed by atoms with Crippen molar-refractivity contribution in [2.45, 2.75) is 33.0 Å². The summed E-state index contributed by atoms with van der Waals surface area (Å²) in [5, 5.41) is 12.8. The topological polar surface area (TPSA) is 54.6 Å². The second-order valence-corrected chi connectivity index (χ2v) is 4.63. The van der Waals surface area contributed by atoms with Crippen LogP contribution < -0.4 is 5.32 Å². The summed E-state index contributed by atoms with van der Waals surface area (Å²) in [4.78, 5) is 0. The normalized spacial score (nSPS) is 13.2. The van der Waals surface area contributed by atoms with E-state index in [1.165, 1.54) is 0 Å². The van der Waals surface area contributed by atoms with Gasteiger partial charge < -0.3 is 19.6 Å². The molecule has 0 amide bonds. The molecule has 0 aromatic carbocycles. The lowest BCUT2D eigenvalue weighted by Crippen LogP contribution is -2.31. The lowest BCUT2D eigenvalue weighted by Gasteiger charge is -2.12. The number of aliphatic hydroxyl groups is 1. The second-order valence-electron chi connectivity index (χ2n) is 4.63. The van der Waals surface area contributed by atoms with Gasteiger partial charge in [-0.1, -0.05) is 13.8 Å². The highest BCUT2D eigenvalue weighted by atomic mass is 16.5. The molecule has 4 heteroatoms. The summed E-state index contributed by atoms with van der Waals surface area (Å²) in [5.74, 6) is 1.47. The molecule has 0 aliphatic rings. The van der Waals surface area contributed by atoms with Gasteiger partial charge in [0.2, 0.25) is 0 Å². The molecular weight excluding hydrogens is 218 g/mol. The highest BCUT2D eigenvalue weighted by Crippen LogP contribution is 2.02. The van der Waals surface area contributed by atoms with Crippen LogP contribution in [-0.4, -0.2) is 30.9 Å². The molecule has 0 bridgehead atoms. The highest BCUT2D eigenvalue weighted by molar-refractivity contribution is 4.96. The first-order chi connectivity index (χ1) is 8.18. The minimum absolute atomic E-state index is 0.329. The maximum absolute atomic E-state index is 9.62. The van der Waals surface area contributed by atoms with E-state index in [2.05, 4.69) is 19.2 Å². The maximum atomic E-state index is 9.62. The molecule has 0 fully saturated rings. The van der Waals surface area contributed by atoms with Crippen molar-refractivity contribution in [3.8, 4) is 0 Å². The van der Waals surface area contributed by atoms with Crippen molar-refractivity contribution < 1.29 is 14.3 Å². The molecule has 0 saturated heterocycles. The molecule has 1 rings (SSSR count). The van der Waals surface area contributed by atoms with Gasteiger partial charge in [0.25, 0.3) is 0 Å². The van der Waals surface area contributed by atoms with Crippen molar-refractivity contribution in [1.82, 2.24) is 5.32 Å². The van der Waals surface area contributed by atoms with E-state index < -0.39 is 6.10 Å². The Bertz CT molecular complexity index is 272. The van der Waals surface area contributed by atoms with Gasteiger partial charge in [-0.2, -0.15) is 0 Å². The summed E-state index contributed by atoms with van der Waals surface area (Å²) >= 11 is 0. The smallest absolute Gasteiger partial charge is 0.129 e. The van der Waals surface area contributed by atoms with Crippen LogP contribution in [0.3, 0.4) is 0 Å². The zero-order chi connectivity index (χ0) is 12.5. The molecule has 17 heavy (non-hydrogen) atoms. The quantitative estimate of drug-likeness (QED) is 0.647. The molecule has 1 unspecified atom stereocenters. The van der Waals surface area contributed by atoms with Gasteiger partial charge in [0.05, 0.1) is 19.0 Å². The second kappa shape index (κ2) is 8.28. The first-order valence-electron chi connectivity index (χ1n) is 6.17. The summed E-state index contributed by atoms with van der Waals surface area (Å²) in [7, 11) is 0. The third-order valence-electron chi connectivity index (χ3n) is 2.41. The standard InChI is InChI=1S/C13H23NO3/c1-11(2)5-6-14-8-12(15)9-16-10-13-4-3-7-17-13/h3-4,7,11-12,14-15H,5-6,8-10H2,1-2H3. The Kier molecular flexibility index (Phi) is 6.93. The Labute approximate surface area is 103 Å². The Morgan fingerprint density at radius 1 is 1.47 bits per heavy atom. The van der Waals surface area contributed by atoms with E-state index in [1.807, 2.05) is 12.1 Å². The molecule has 0 aliphatic heterocycles. The van der Waals surface area contributed by atoms with Crippen molar-refractivity contribution in [2.75, 3.05) is 19.7 Å². The molecule has 2 N–H and O–H groups in total. The van der Waals surface area contributed by atoms with E-state index in [0.29, 0.717) is 25.7 Å². The summed E-state index contributed by atoms with van der Waals surface area (Å²) in [6, 6.07) is 3.68. The van der Waals surface area contributed by atoms with Crippen LogP contribution in [0.2, 0.25) is 0 Å². The summed E-state index contributed by atoms with van der Waals surface area (Å²) in [6.45, 7) is 6.62. The Balaban J connectivity index is 1.96. The highest BCUT2D eigenvalue weighted by Gasteiger charge is 2.04. The van der Waals surface area contributed by atoms with Crippen LogP contribution in [0.5, 0.6) is 0 Å². The summed E-state index contributed by atoms with van der Waals surface area (Å²) < 4.78 is 10.5. The van der Waals surface area contributed by atoms with E-state index in [0.717, 1.165) is 18.7 Å². The predicted octanol–water partition coefficient (Wildman–Crippen LogP) is 1.79. The average molecular weight is 241 g/mol. The molecule has 0 radical (unpaired) electrons. The van der Waals surface area contributed by atoms with Crippen molar-refractivity contribution in [3.05, 3.63) is 24.2 Å². The van der Waals surface area contributed by atoms with Gasteiger partial charge in [-0.05, 0) is 31.0 Å². The van der Waals surface area contributed by atoms with Gasteiger partial charge in [-0.25, -0.2) is 0 Å². The minimum Gasteiger partial charge on any atom is -0.467 e. The van der Waals surface area contributed by atoms with Crippen LogP contribution in [-0.2, 0) is 11.3 Å². The number of rotatable bonds is 9. The number of hydrogen-bond acceptors (Lipinski definition) is 4. The van der Waals surface area contributed by atoms with Gasteiger partial charge in [0, 0.05) is 6.54 Å². The first kappa shape index (κ1) is 14.2. The number of ether oxygens (including phenoxy) is 1. The molecule has 0 saturated carbocycles. The Morgan fingerprint density at radius 2 is 2.29 bits per heavy atom. The predicted molar refractivity (Wildman–Crippen MR) is 66.7 cm³/mol. The molecule has 1 heterocycles.